The van der Waals surface area contributed by atoms with E-state index in [0.717, 1.165) is 12.3 Å². The molecule has 0 atom stereocenters. The molecule has 0 spiro atoms. The Morgan fingerprint density at radius 1 is 0.914 bits per heavy atom. The van der Waals surface area contributed by atoms with Gasteiger partial charge in [-0.2, -0.15) is 13.2 Å². The minimum atomic E-state index is -4.56. The number of hydrogen-bond donors (Lipinski definition) is 1. The van der Waals surface area contributed by atoms with Gasteiger partial charge in [-0.1, -0.05) is 59.1 Å². The highest BCUT2D eigenvalue weighted by molar-refractivity contribution is 6.37. The van der Waals surface area contributed by atoms with Gasteiger partial charge < -0.3 is 14.4 Å². The topological polar surface area (TPSA) is 51.5 Å². The number of carboxylic acids is 1. The number of alkyl halides is 3. The quantitative estimate of drug-likeness (QED) is 0.267. The Morgan fingerprint density at radius 3 is 2.14 bits per heavy atom. The van der Waals surface area contributed by atoms with Gasteiger partial charge in [0.15, 0.2) is 0 Å². The van der Waals surface area contributed by atoms with Crippen molar-refractivity contribution in [3.8, 4) is 22.6 Å². The number of aromatic carboxylic acids is 1. The molecule has 35 heavy (non-hydrogen) atoms. The fraction of sp³-hybridized carbons (Fsp3) is 0.0800. The predicted molar refractivity (Wildman–Crippen MR) is 129 cm³/mol. The van der Waals surface area contributed by atoms with Crippen LogP contribution in [0.4, 0.5) is 13.2 Å². The van der Waals surface area contributed by atoms with Gasteiger partial charge in [-0.3, -0.25) is 0 Å². The fourth-order valence-corrected chi connectivity index (χ4v) is 4.34. The highest BCUT2D eigenvalue weighted by atomic mass is 35.5. The molecule has 1 heterocycles. The SMILES string of the molecule is O=C(O)c1ccc(-c2ccc(OCc3cc(C(F)(F)F)cn3-c3c(Cl)cccc3Cl)cc2)c(Cl)c1. The first kappa shape index (κ1) is 25.0. The van der Waals surface area contributed by atoms with Crippen molar-refractivity contribution < 1.29 is 27.8 Å². The van der Waals surface area contributed by atoms with E-state index in [0.29, 0.717) is 16.9 Å². The van der Waals surface area contributed by atoms with E-state index in [2.05, 4.69) is 0 Å². The van der Waals surface area contributed by atoms with Crippen molar-refractivity contribution >= 4 is 40.8 Å². The molecule has 0 aliphatic rings. The molecule has 0 unspecified atom stereocenters. The van der Waals surface area contributed by atoms with Crippen LogP contribution in [0.15, 0.2) is 72.9 Å². The maximum Gasteiger partial charge on any atom is 0.417 e. The van der Waals surface area contributed by atoms with E-state index < -0.39 is 17.7 Å². The molecular formula is C25H15Cl3F3NO3. The molecule has 1 N–H and O–H groups in total. The number of carbonyl (C=O) groups is 1. The third kappa shape index (κ3) is 5.42. The third-order valence-electron chi connectivity index (χ3n) is 5.17. The van der Waals surface area contributed by atoms with Gasteiger partial charge in [0.25, 0.3) is 0 Å². The summed E-state index contributed by atoms with van der Waals surface area (Å²) in [5.41, 5.74) is 0.967. The van der Waals surface area contributed by atoms with Crippen molar-refractivity contribution in [3.63, 3.8) is 0 Å². The number of nitrogens with zero attached hydrogens (tertiary/aromatic N) is 1. The lowest BCUT2D eigenvalue weighted by molar-refractivity contribution is -0.137. The number of halogens is 6. The van der Waals surface area contributed by atoms with Crippen LogP contribution in [0.3, 0.4) is 0 Å². The highest BCUT2D eigenvalue weighted by Gasteiger charge is 2.33. The summed E-state index contributed by atoms with van der Waals surface area (Å²) < 4.78 is 47.2. The molecule has 180 valence electrons. The van der Waals surface area contributed by atoms with Crippen molar-refractivity contribution in [2.75, 3.05) is 0 Å². The molecule has 4 nitrogen and oxygen atoms in total. The van der Waals surface area contributed by atoms with Crippen LogP contribution in [-0.2, 0) is 12.8 Å². The van der Waals surface area contributed by atoms with Gasteiger partial charge in [0.05, 0.1) is 32.6 Å². The predicted octanol–water partition coefficient (Wildman–Crippen LogP) is 8.40. The molecule has 1 aromatic heterocycles. The molecule has 0 fully saturated rings. The normalized spacial score (nSPS) is 11.5. The van der Waals surface area contributed by atoms with Gasteiger partial charge in [-0.05, 0) is 48.0 Å². The van der Waals surface area contributed by atoms with Gasteiger partial charge >= 0.3 is 12.1 Å². The number of hydrogen-bond acceptors (Lipinski definition) is 2. The van der Waals surface area contributed by atoms with Crippen molar-refractivity contribution in [2.45, 2.75) is 12.8 Å². The molecule has 0 saturated heterocycles. The van der Waals surface area contributed by atoms with Crippen LogP contribution in [0.25, 0.3) is 16.8 Å². The van der Waals surface area contributed by atoms with Crippen LogP contribution < -0.4 is 4.74 Å². The first-order valence-electron chi connectivity index (χ1n) is 10.0. The number of aromatic nitrogens is 1. The van der Waals surface area contributed by atoms with Crippen molar-refractivity contribution in [1.29, 1.82) is 0 Å². The molecule has 0 bridgehead atoms. The molecule has 10 heteroatoms. The van der Waals surface area contributed by atoms with E-state index in [1.807, 2.05) is 0 Å². The smallest absolute Gasteiger partial charge is 0.417 e. The summed E-state index contributed by atoms with van der Waals surface area (Å²) in [6, 6.07) is 16.7. The van der Waals surface area contributed by atoms with E-state index in [9.17, 15) is 18.0 Å². The van der Waals surface area contributed by atoms with Gasteiger partial charge in [0.2, 0.25) is 0 Å². The Morgan fingerprint density at radius 2 is 1.57 bits per heavy atom. The zero-order valence-corrected chi connectivity index (χ0v) is 19.9. The standard InChI is InChI=1S/C25H15Cl3F3NO3/c26-20-2-1-3-21(27)23(20)32-12-16(25(29,30)31)11-17(32)13-35-18-7-4-14(5-8-18)19-9-6-15(24(33)34)10-22(19)28/h1-12H,13H2,(H,33,34). The molecular weight excluding hydrogens is 526 g/mol. The molecule has 0 aliphatic heterocycles. The highest BCUT2D eigenvalue weighted by Crippen LogP contribution is 2.36. The lowest BCUT2D eigenvalue weighted by atomic mass is 10.0. The Balaban J connectivity index is 1.59. The van der Waals surface area contributed by atoms with Crippen molar-refractivity contribution in [2.24, 2.45) is 0 Å². The number of benzene rings is 3. The van der Waals surface area contributed by atoms with Gasteiger partial charge in [0.1, 0.15) is 12.4 Å². The van der Waals surface area contributed by atoms with Crippen LogP contribution in [0.2, 0.25) is 15.1 Å². The first-order valence-corrected chi connectivity index (χ1v) is 11.2. The van der Waals surface area contributed by atoms with Crippen LogP contribution in [0.1, 0.15) is 21.6 Å². The second kappa shape index (κ2) is 9.85. The van der Waals surface area contributed by atoms with E-state index >= 15 is 0 Å². The average Bonchev–Trinajstić information content (AvgIpc) is 3.22. The summed E-state index contributed by atoms with van der Waals surface area (Å²) >= 11 is 18.7. The maximum absolute atomic E-state index is 13.4. The largest absolute Gasteiger partial charge is 0.487 e. The molecule has 3 aromatic carbocycles. The molecule has 0 aliphatic carbocycles. The number of rotatable bonds is 6. The van der Waals surface area contributed by atoms with Crippen LogP contribution in [0.5, 0.6) is 5.75 Å². The first-order chi connectivity index (χ1) is 16.5. The van der Waals surface area contributed by atoms with E-state index in [1.54, 1.807) is 36.4 Å². The Kier molecular flexibility index (Phi) is 7.03. The molecule has 4 aromatic rings. The van der Waals surface area contributed by atoms with Crippen LogP contribution in [0, 0.1) is 0 Å². The summed E-state index contributed by atoms with van der Waals surface area (Å²) in [4.78, 5) is 11.1. The Labute approximate surface area is 213 Å². The number of carboxylic acid groups (broad SMARTS) is 1. The van der Waals surface area contributed by atoms with Crippen molar-refractivity contribution in [3.05, 3.63) is 105 Å². The third-order valence-corrected chi connectivity index (χ3v) is 6.10. The lowest BCUT2D eigenvalue weighted by Gasteiger charge is -2.14. The monoisotopic (exact) mass is 539 g/mol. The molecule has 0 amide bonds. The van der Waals surface area contributed by atoms with Crippen LogP contribution >= 0.6 is 34.8 Å². The number of para-hydroxylation sites is 1. The van der Waals surface area contributed by atoms with E-state index in [-0.39, 0.29) is 38.6 Å². The minimum absolute atomic E-state index is 0.0681. The van der Waals surface area contributed by atoms with Gasteiger partial charge in [-0.25, -0.2) is 4.79 Å². The maximum atomic E-state index is 13.4. The summed E-state index contributed by atoms with van der Waals surface area (Å²) in [7, 11) is 0. The zero-order chi connectivity index (χ0) is 25.3. The molecule has 0 saturated carbocycles. The Hall–Kier alpha value is -3.13. The van der Waals surface area contributed by atoms with E-state index in [1.165, 1.54) is 28.8 Å². The molecule has 0 radical (unpaired) electrons. The minimum Gasteiger partial charge on any atom is -0.487 e. The lowest BCUT2D eigenvalue weighted by Crippen LogP contribution is -2.05. The van der Waals surface area contributed by atoms with Gasteiger partial charge in [-0.15, -0.1) is 0 Å². The second-order valence-corrected chi connectivity index (χ2v) is 8.69. The van der Waals surface area contributed by atoms with Crippen LogP contribution in [-0.4, -0.2) is 15.6 Å². The Bertz CT molecular complexity index is 1380. The van der Waals surface area contributed by atoms with Gasteiger partial charge in [0, 0.05) is 16.8 Å². The summed E-state index contributed by atoms with van der Waals surface area (Å²) in [5, 5.41) is 9.73. The molecule has 4 rings (SSSR count). The van der Waals surface area contributed by atoms with E-state index in [4.69, 9.17) is 44.6 Å². The summed E-state index contributed by atoms with van der Waals surface area (Å²) in [6.45, 7) is -0.189. The summed E-state index contributed by atoms with van der Waals surface area (Å²) in [5.74, 6) is -0.683. The average molecular weight is 541 g/mol. The van der Waals surface area contributed by atoms with Crippen molar-refractivity contribution in [1.82, 2.24) is 4.57 Å². The zero-order valence-electron chi connectivity index (χ0n) is 17.6. The fourth-order valence-electron chi connectivity index (χ4n) is 3.47. The second-order valence-electron chi connectivity index (χ2n) is 7.47. The number of ether oxygens (including phenoxy) is 1. The summed E-state index contributed by atoms with van der Waals surface area (Å²) in [6.07, 6.45) is -3.64.